The van der Waals surface area contributed by atoms with Crippen molar-refractivity contribution in [2.45, 2.75) is 19.0 Å². The fraction of sp³-hybridized carbons (Fsp3) is 0.316. The Morgan fingerprint density at radius 1 is 1.18 bits per heavy atom. The molecule has 9 heteroatoms. The number of carbonyl (C=O) groups excluding carboxylic acids is 2. The van der Waals surface area contributed by atoms with Crippen LogP contribution in [-0.4, -0.2) is 34.8 Å². The lowest BCUT2D eigenvalue weighted by molar-refractivity contribution is -0.138. The van der Waals surface area contributed by atoms with Gasteiger partial charge in [0.2, 0.25) is 5.91 Å². The van der Waals surface area contributed by atoms with Crippen LogP contribution in [0.4, 0.5) is 18.9 Å². The molecule has 0 bridgehead atoms. The fourth-order valence-electron chi connectivity index (χ4n) is 3.08. The standard InChI is InChI=1S/C19H17BrF3N3O2/c20-16-4-3-14(10-15(16)19(21,22)23)25-17(27)12-5-8-26(9-6-12)18(28)13-2-1-7-24-11-13/h1-4,7,10-12H,5-6,8-9H2,(H,25,27). The Labute approximate surface area is 168 Å². The summed E-state index contributed by atoms with van der Waals surface area (Å²) in [6.45, 7) is 0.805. The number of amides is 2. The first-order chi connectivity index (χ1) is 13.3. The first kappa shape index (κ1) is 20.3. The average Bonchev–Trinajstić information content (AvgIpc) is 2.69. The lowest BCUT2D eigenvalue weighted by Gasteiger charge is -2.31. The van der Waals surface area contributed by atoms with E-state index in [0.29, 0.717) is 31.5 Å². The molecule has 0 unspecified atom stereocenters. The molecule has 0 aliphatic carbocycles. The number of rotatable bonds is 3. The maximum absolute atomic E-state index is 13.0. The quantitative estimate of drug-likeness (QED) is 0.747. The number of halogens is 4. The zero-order valence-corrected chi connectivity index (χ0v) is 16.3. The third-order valence-electron chi connectivity index (χ3n) is 4.60. The van der Waals surface area contributed by atoms with Crippen LogP contribution >= 0.6 is 15.9 Å². The highest BCUT2D eigenvalue weighted by Gasteiger charge is 2.34. The summed E-state index contributed by atoms with van der Waals surface area (Å²) in [6, 6.07) is 6.94. The molecular weight excluding hydrogens is 439 g/mol. The molecule has 2 heterocycles. The first-order valence-electron chi connectivity index (χ1n) is 8.62. The number of alkyl halides is 3. The highest BCUT2D eigenvalue weighted by molar-refractivity contribution is 9.10. The van der Waals surface area contributed by atoms with Crippen molar-refractivity contribution in [2.75, 3.05) is 18.4 Å². The summed E-state index contributed by atoms with van der Waals surface area (Å²) in [5.41, 5.74) is -0.267. The van der Waals surface area contributed by atoms with Gasteiger partial charge in [-0.05, 0) is 43.2 Å². The van der Waals surface area contributed by atoms with E-state index in [9.17, 15) is 22.8 Å². The van der Waals surface area contributed by atoms with Crippen LogP contribution in [0.2, 0.25) is 0 Å². The molecule has 28 heavy (non-hydrogen) atoms. The molecule has 1 N–H and O–H groups in total. The maximum Gasteiger partial charge on any atom is 0.417 e. The first-order valence-corrected chi connectivity index (χ1v) is 9.42. The number of hydrogen-bond donors (Lipinski definition) is 1. The van der Waals surface area contributed by atoms with E-state index in [0.717, 1.165) is 6.07 Å². The van der Waals surface area contributed by atoms with Gasteiger partial charge in [-0.1, -0.05) is 15.9 Å². The second kappa shape index (κ2) is 8.30. The molecule has 1 saturated heterocycles. The second-order valence-electron chi connectivity index (χ2n) is 6.49. The largest absolute Gasteiger partial charge is 0.417 e. The lowest BCUT2D eigenvalue weighted by Crippen LogP contribution is -2.41. The number of anilines is 1. The zero-order valence-electron chi connectivity index (χ0n) is 14.7. The van der Waals surface area contributed by atoms with Crippen molar-refractivity contribution >= 4 is 33.4 Å². The van der Waals surface area contributed by atoms with Crippen LogP contribution in [0.25, 0.3) is 0 Å². The van der Waals surface area contributed by atoms with Crippen molar-refractivity contribution in [3.05, 3.63) is 58.3 Å². The van der Waals surface area contributed by atoms with Crippen LogP contribution in [-0.2, 0) is 11.0 Å². The summed E-state index contributed by atoms with van der Waals surface area (Å²) in [6.07, 6.45) is -0.550. The Morgan fingerprint density at radius 2 is 1.89 bits per heavy atom. The number of pyridine rings is 1. The van der Waals surface area contributed by atoms with E-state index >= 15 is 0 Å². The Kier molecular flexibility index (Phi) is 6.02. The van der Waals surface area contributed by atoms with Gasteiger partial charge in [-0.2, -0.15) is 13.2 Å². The van der Waals surface area contributed by atoms with Crippen molar-refractivity contribution in [1.82, 2.24) is 9.88 Å². The molecule has 5 nitrogen and oxygen atoms in total. The van der Waals surface area contributed by atoms with Crippen LogP contribution < -0.4 is 5.32 Å². The Morgan fingerprint density at radius 3 is 2.50 bits per heavy atom. The number of piperidine rings is 1. The Bertz CT molecular complexity index is 866. The number of aromatic nitrogens is 1. The van der Waals surface area contributed by atoms with Gasteiger partial charge in [-0.25, -0.2) is 0 Å². The SMILES string of the molecule is O=C(Nc1ccc(Br)c(C(F)(F)F)c1)C1CCN(C(=O)c2cccnc2)CC1. The summed E-state index contributed by atoms with van der Waals surface area (Å²) in [5.74, 6) is -0.852. The molecule has 0 atom stereocenters. The van der Waals surface area contributed by atoms with Crippen molar-refractivity contribution < 1.29 is 22.8 Å². The normalized spacial score (nSPS) is 15.4. The second-order valence-corrected chi connectivity index (χ2v) is 7.34. The predicted molar refractivity (Wildman–Crippen MR) is 101 cm³/mol. The number of carbonyl (C=O) groups is 2. The summed E-state index contributed by atoms with van der Waals surface area (Å²) >= 11 is 2.87. The van der Waals surface area contributed by atoms with Gasteiger partial charge in [0.05, 0.1) is 11.1 Å². The van der Waals surface area contributed by atoms with Crippen molar-refractivity contribution in [3.63, 3.8) is 0 Å². The lowest BCUT2D eigenvalue weighted by atomic mass is 9.95. The van der Waals surface area contributed by atoms with Gasteiger partial charge in [0.25, 0.3) is 5.91 Å². The molecule has 0 radical (unpaired) electrons. The average molecular weight is 456 g/mol. The summed E-state index contributed by atoms with van der Waals surface area (Å²) in [5, 5.41) is 2.55. The van der Waals surface area contributed by atoms with Gasteiger partial charge >= 0.3 is 6.18 Å². The number of nitrogens with one attached hydrogen (secondary N) is 1. The van der Waals surface area contributed by atoms with Crippen molar-refractivity contribution in [2.24, 2.45) is 5.92 Å². The molecule has 1 aromatic heterocycles. The number of likely N-dealkylation sites (tertiary alicyclic amines) is 1. The van der Waals surface area contributed by atoms with Crippen molar-refractivity contribution in [1.29, 1.82) is 0 Å². The van der Waals surface area contributed by atoms with Gasteiger partial charge in [-0.15, -0.1) is 0 Å². The van der Waals surface area contributed by atoms with Gasteiger partial charge in [-0.3, -0.25) is 14.6 Å². The maximum atomic E-state index is 13.0. The van der Waals surface area contributed by atoms with Gasteiger partial charge in [0, 0.05) is 41.6 Å². The molecule has 3 rings (SSSR count). The monoisotopic (exact) mass is 455 g/mol. The van der Waals surface area contributed by atoms with Crippen molar-refractivity contribution in [3.8, 4) is 0 Å². The smallest absolute Gasteiger partial charge is 0.339 e. The molecule has 1 fully saturated rings. The third kappa shape index (κ3) is 4.70. The molecule has 0 spiro atoms. The number of nitrogens with zero attached hydrogens (tertiary/aromatic N) is 2. The van der Waals surface area contributed by atoms with E-state index in [-0.39, 0.29) is 27.9 Å². The molecule has 0 saturated carbocycles. The highest BCUT2D eigenvalue weighted by Crippen LogP contribution is 2.36. The Hall–Kier alpha value is -2.42. The molecule has 1 aliphatic heterocycles. The van der Waals surface area contributed by atoms with Gasteiger partial charge in [0.1, 0.15) is 0 Å². The van der Waals surface area contributed by atoms with Crippen LogP contribution in [0, 0.1) is 5.92 Å². The molecule has 1 aromatic carbocycles. The van der Waals surface area contributed by atoms with E-state index in [1.54, 1.807) is 23.2 Å². The molecule has 1 aliphatic rings. The molecule has 2 amide bonds. The third-order valence-corrected chi connectivity index (χ3v) is 5.29. The zero-order chi connectivity index (χ0) is 20.3. The van der Waals surface area contributed by atoms with Gasteiger partial charge < -0.3 is 10.2 Å². The van der Waals surface area contributed by atoms with Crippen LogP contribution in [0.1, 0.15) is 28.8 Å². The van der Waals surface area contributed by atoms with E-state index in [1.165, 1.54) is 18.3 Å². The predicted octanol–water partition coefficient (Wildman–Crippen LogP) is 4.35. The summed E-state index contributed by atoms with van der Waals surface area (Å²) in [4.78, 5) is 30.4. The van der Waals surface area contributed by atoms with Crippen LogP contribution in [0.3, 0.4) is 0 Å². The summed E-state index contributed by atoms with van der Waals surface area (Å²) < 4.78 is 38.9. The van der Waals surface area contributed by atoms with E-state index in [4.69, 9.17) is 0 Å². The van der Waals surface area contributed by atoms with E-state index < -0.39 is 11.7 Å². The minimum atomic E-state index is -4.52. The fourth-order valence-corrected chi connectivity index (χ4v) is 3.55. The topological polar surface area (TPSA) is 62.3 Å². The van der Waals surface area contributed by atoms with Gasteiger partial charge in [0.15, 0.2) is 0 Å². The number of hydrogen-bond acceptors (Lipinski definition) is 3. The summed E-state index contributed by atoms with van der Waals surface area (Å²) in [7, 11) is 0. The molecule has 148 valence electrons. The van der Waals surface area contributed by atoms with Crippen LogP contribution in [0.15, 0.2) is 47.2 Å². The van der Waals surface area contributed by atoms with E-state index in [1.807, 2.05) is 0 Å². The van der Waals surface area contributed by atoms with Crippen LogP contribution in [0.5, 0.6) is 0 Å². The molecular formula is C19H17BrF3N3O2. The van der Waals surface area contributed by atoms with E-state index in [2.05, 4.69) is 26.2 Å². The minimum absolute atomic E-state index is 0.0831. The Balaban J connectivity index is 1.59. The molecule has 2 aromatic rings. The minimum Gasteiger partial charge on any atom is -0.339 e. The number of benzene rings is 1. The highest BCUT2D eigenvalue weighted by atomic mass is 79.9.